The number of hydrogen-bond donors (Lipinski definition) is 2. The van der Waals surface area contributed by atoms with Gasteiger partial charge < -0.3 is 5.32 Å². The normalized spacial score (nSPS) is 13.9. The van der Waals surface area contributed by atoms with E-state index in [1.165, 1.54) is 0 Å². The Labute approximate surface area is 153 Å². The lowest BCUT2D eigenvalue weighted by molar-refractivity contribution is -0.122. The first-order valence-electron chi connectivity index (χ1n) is 7.81. The second kappa shape index (κ2) is 8.47. The molecule has 7 heteroatoms. The minimum absolute atomic E-state index is 0.00806. The molecule has 2 aromatic carbocycles. The highest BCUT2D eigenvalue weighted by molar-refractivity contribution is 7.88. The first kappa shape index (κ1) is 19.4. The van der Waals surface area contributed by atoms with Gasteiger partial charge in [-0.1, -0.05) is 54.1 Å². The summed E-state index contributed by atoms with van der Waals surface area (Å²) >= 11 is 5.87. The molecule has 134 valence electrons. The van der Waals surface area contributed by atoms with Crippen molar-refractivity contribution in [2.45, 2.75) is 25.4 Å². The lowest BCUT2D eigenvalue weighted by atomic mass is 10.0. The van der Waals surface area contributed by atoms with Crippen molar-refractivity contribution >= 4 is 27.5 Å². The number of benzene rings is 2. The topological polar surface area (TPSA) is 75.3 Å². The fourth-order valence-electron chi connectivity index (χ4n) is 2.49. The van der Waals surface area contributed by atoms with Crippen molar-refractivity contribution in [3.8, 4) is 0 Å². The summed E-state index contributed by atoms with van der Waals surface area (Å²) in [6, 6.07) is 15.5. The number of halogens is 1. The third-order valence-electron chi connectivity index (χ3n) is 3.70. The molecule has 0 heterocycles. The maximum atomic E-state index is 12.4. The van der Waals surface area contributed by atoms with Crippen LogP contribution in [-0.2, 0) is 14.8 Å². The molecule has 0 aliphatic carbocycles. The highest BCUT2D eigenvalue weighted by Crippen LogP contribution is 2.21. The van der Waals surface area contributed by atoms with Crippen LogP contribution in [-0.4, -0.2) is 20.6 Å². The molecule has 0 unspecified atom stereocenters. The summed E-state index contributed by atoms with van der Waals surface area (Å²) in [6.45, 7) is 1.88. The molecule has 0 saturated carbocycles. The van der Waals surface area contributed by atoms with Crippen LogP contribution in [0.4, 0.5) is 0 Å². The second-order valence-electron chi connectivity index (χ2n) is 5.90. The quantitative estimate of drug-likeness (QED) is 0.774. The van der Waals surface area contributed by atoms with E-state index in [0.717, 1.165) is 11.8 Å². The Balaban J connectivity index is 2.10. The predicted octanol–water partition coefficient (Wildman–Crippen LogP) is 3.20. The Morgan fingerprint density at radius 1 is 1.04 bits per heavy atom. The van der Waals surface area contributed by atoms with E-state index in [-0.39, 0.29) is 18.4 Å². The summed E-state index contributed by atoms with van der Waals surface area (Å²) in [7, 11) is -3.47. The van der Waals surface area contributed by atoms with Crippen LogP contribution in [0.5, 0.6) is 0 Å². The van der Waals surface area contributed by atoms with Crippen LogP contribution < -0.4 is 10.0 Å². The zero-order valence-electron chi connectivity index (χ0n) is 14.1. The third-order valence-corrected chi connectivity index (χ3v) is 4.66. The van der Waals surface area contributed by atoms with E-state index in [2.05, 4.69) is 10.0 Å². The summed E-state index contributed by atoms with van der Waals surface area (Å²) in [5, 5.41) is 3.44. The number of rotatable bonds is 7. The van der Waals surface area contributed by atoms with Gasteiger partial charge in [-0.3, -0.25) is 4.79 Å². The lowest BCUT2D eigenvalue weighted by Crippen LogP contribution is -2.34. The van der Waals surface area contributed by atoms with Crippen molar-refractivity contribution in [1.82, 2.24) is 10.0 Å². The van der Waals surface area contributed by atoms with Crippen molar-refractivity contribution < 1.29 is 13.2 Å². The first-order valence-corrected chi connectivity index (χ1v) is 10.1. The highest BCUT2D eigenvalue weighted by atomic mass is 35.5. The van der Waals surface area contributed by atoms with Gasteiger partial charge in [0.25, 0.3) is 0 Å². The predicted molar refractivity (Wildman–Crippen MR) is 99.8 cm³/mol. The second-order valence-corrected chi connectivity index (χ2v) is 8.11. The molecular weight excluding hydrogens is 360 g/mol. The Morgan fingerprint density at radius 3 is 2.20 bits per heavy atom. The average molecular weight is 381 g/mol. The fraction of sp³-hybridized carbons (Fsp3) is 0.278. The van der Waals surface area contributed by atoms with Crippen LogP contribution in [0, 0.1) is 0 Å². The van der Waals surface area contributed by atoms with Crippen LogP contribution in [0.1, 0.15) is 36.6 Å². The molecule has 2 N–H and O–H groups in total. The molecule has 2 aromatic rings. The molecule has 2 atom stereocenters. The summed E-state index contributed by atoms with van der Waals surface area (Å²) in [6.07, 6.45) is 1.06. The molecule has 1 amide bonds. The largest absolute Gasteiger partial charge is 0.350 e. The van der Waals surface area contributed by atoms with Gasteiger partial charge in [0.2, 0.25) is 15.9 Å². The summed E-state index contributed by atoms with van der Waals surface area (Å²) in [5.74, 6) is -0.243. The number of nitrogens with one attached hydrogen (secondary N) is 2. The standard InChI is InChI=1S/C18H21ClN2O3S/c1-13(14-6-4-3-5-7-14)20-18(22)12-17(21-25(2,23)24)15-8-10-16(19)11-9-15/h3-11,13,17,21H,12H2,1-2H3,(H,20,22)/t13-,17-/m1/s1. The zero-order valence-corrected chi connectivity index (χ0v) is 15.6. The number of amides is 1. The number of carbonyl (C=O) groups excluding carboxylic acids is 1. The van der Waals surface area contributed by atoms with Crippen LogP contribution >= 0.6 is 11.6 Å². The highest BCUT2D eigenvalue weighted by Gasteiger charge is 2.21. The van der Waals surface area contributed by atoms with Gasteiger partial charge in [0.05, 0.1) is 18.3 Å². The third kappa shape index (κ3) is 6.49. The molecule has 0 fully saturated rings. The molecule has 0 aromatic heterocycles. The van der Waals surface area contributed by atoms with E-state index in [9.17, 15) is 13.2 Å². The fourth-order valence-corrected chi connectivity index (χ4v) is 3.35. The van der Waals surface area contributed by atoms with Gasteiger partial charge >= 0.3 is 0 Å². The number of carbonyl (C=O) groups is 1. The van der Waals surface area contributed by atoms with Gasteiger partial charge in [0.15, 0.2) is 0 Å². The Hall–Kier alpha value is -1.89. The van der Waals surface area contributed by atoms with Gasteiger partial charge in [-0.2, -0.15) is 0 Å². The Bertz CT molecular complexity index is 808. The van der Waals surface area contributed by atoms with E-state index in [0.29, 0.717) is 10.6 Å². The molecule has 0 aliphatic heterocycles. The number of hydrogen-bond acceptors (Lipinski definition) is 3. The van der Waals surface area contributed by atoms with Gasteiger partial charge in [-0.25, -0.2) is 13.1 Å². The van der Waals surface area contributed by atoms with Crippen LogP contribution in [0.3, 0.4) is 0 Å². The molecule has 25 heavy (non-hydrogen) atoms. The zero-order chi connectivity index (χ0) is 18.4. The molecule has 0 radical (unpaired) electrons. The smallest absolute Gasteiger partial charge is 0.222 e. The first-order chi connectivity index (χ1) is 11.7. The maximum Gasteiger partial charge on any atom is 0.222 e. The van der Waals surface area contributed by atoms with E-state index in [4.69, 9.17) is 11.6 Å². The SMILES string of the molecule is C[C@@H](NC(=O)C[C@@H](NS(C)(=O)=O)c1ccc(Cl)cc1)c1ccccc1. The molecule has 0 saturated heterocycles. The Morgan fingerprint density at radius 2 is 1.64 bits per heavy atom. The van der Waals surface area contributed by atoms with Crippen LogP contribution in [0.25, 0.3) is 0 Å². The lowest BCUT2D eigenvalue weighted by Gasteiger charge is -2.20. The van der Waals surface area contributed by atoms with Crippen molar-refractivity contribution in [3.63, 3.8) is 0 Å². The van der Waals surface area contributed by atoms with Crippen molar-refractivity contribution in [3.05, 3.63) is 70.7 Å². The molecular formula is C18H21ClN2O3S. The van der Waals surface area contributed by atoms with Gasteiger partial charge in [-0.15, -0.1) is 0 Å². The van der Waals surface area contributed by atoms with E-state index < -0.39 is 16.1 Å². The molecule has 5 nitrogen and oxygen atoms in total. The minimum atomic E-state index is -3.47. The summed E-state index contributed by atoms with van der Waals surface area (Å²) in [5.41, 5.74) is 1.66. The molecule has 0 spiro atoms. The van der Waals surface area contributed by atoms with Crippen molar-refractivity contribution in [1.29, 1.82) is 0 Å². The molecule has 0 aliphatic rings. The van der Waals surface area contributed by atoms with E-state index >= 15 is 0 Å². The van der Waals surface area contributed by atoms with Gasteiger partial charge in [-0.05, 0) is 30.2 Å². The molecule has 0 bridgehead atoms. The van der Waals surface area contributed by atoms with Crippen molar-refractivity contribution in [2.75, 3.05) is 6.26 Å². The summed E-state index contributed by atoms with van der Waals surface area (Å²) in [4.78, 5) is 12.4. The van der Waals surface area contributed by atoms with Crippen LogP contribution in [0.2, 0.25) is 5.02 Å². The molecule has 2 rings (SSSR count). The van der Waals surface area contributed by atoms with Gasteiger partial charge in [0.1, 0.15) is 0 Å². The van der Waals surface area contributed by atoms with E-state index in [1.54, 1.807) is 24.3 Å². The Kier molecular flexibility index (Phi) is 6.58. The maximum absolute atomic E-state index is 12.4. The van der Waals surface area contributed by atoms with Crippen LogP contribution in [0.15, 0.2) is 54.6 Å². The van der Waals surface area contributed by atoms with Gasteiger partial charge in [0, 0.05) is 11.4 Å². The minimum Gasteiger partial charge on any atom is -0.350 e. The average Bonchev–Trinajstić information content (AvgIpc) is 2.54. The summed E-state index contributed by atoms with van der Waals surface area (Å²) < 4.78 is 25.8. The monoisotopic (exact) mass is 380 g/mol. The van der Waals surface area contributed by atoms with Crippen molar-refractivity contribution in [2.24, 2.45) is 0 Å². The number of sulfonamides is 1. The van der Waals surface area contributed by atoms with E-state index in [1.807, 2.05) is 37.3 Å².